The van der Waals surface area contributed by atoms with Gasteiger partial charge in [0.15, 0.2) is 0 Å². The van der Waals surface area contributed by atoms with Gasteiger partial charge in [0.05, 0.1) is 11.7 Å². The number of nitriles is 1. The lowest BCUT2D eigenvalue weighted by atomic mass is 9.91. The van der Waals surface area contributed by atoms with Crippen molar-refractivity contribution in [2.75, 3.05) is 6.61 Å². The zero-order valence-corrected chi connectivity index (χ0v) is 23.7. The second kappa shape index (κ2) is 11.9. The third-order valence-electron chi connectivity index (χ3n) is 7.33. The first-order chi connectivity index (χ1) is 20.3. The molecule has 0 spiro atoms. The molecule has 0 saturated carbocycles. The van der Waals surface area contributed by atoms with Gasteiger partial charge in [-0.25, -0.2) is 4.68 Å². The molecular formula is C35H30N4O3. The number of para-hydroxylation sites is 1. The minimum atomic E-state index is -0.598. The van der Waals surface area contributed by atoms with Crippen LogP contribution in [0.15, 0.2) is 114 Å². The summed E-state index contributed by atoms with van der Waals surface area (Å²) in [6.45, 7) is 9.50. The molecule has 4 aromatic rings. The molecule has 1 atom stereocenters. The number of carbonyl (C=O) groups excluding carboxylic acids is 2. The Morgan fingerprint density at radius 3 is 2.33 bits per heavy atom. The van der Waals surface area contributed by atoms with Crippen LogP contribution in [0.2, 0.25) is 0 Å². The summed E-state index contributed by atoms with van der Waals surface area (Å²) < 4.78 is 7.47. The molecule has 2 heterocycles. The van der Waals surface area contributed by atoms with Crippen molar-refractivity contribution in [2.45, 2.75) is 26.8 Å². The van der Waals surface area contributed by atoms with Gasteiger partial charge < -0.3 is 4.74 Å². The van der Waals surface area contributed by atoms with Crippen molar-refractivity contribution < 1.29 is 14.3 Å². The van der Waals surface area contributed by atoms with Gasteiger partial charge >= 0.3 is 0 Å². The molecule has 1 aromatic heterocycles. The molecule has 42 heavy (non-hydrogen) atoms. The number of ether oxygens (including phenoxy) is 1. The molecule has 3 aromatic carbocycles. The highest BCUT2D eigenvalue weighted by Gasteiger charge is 2.39. The topological polar surface area (TPSA) is 88.2 Å². The third-order valence-corrected chi connectivity index (χ3v) is 7.33. The summed E-state index contributed by atoms with van der Waals surface area (Å²) in [5, 5.41) is 14.9. The fourth-order valence-electron chi connectivity index (χ4n) is 5.05. The highest BCUT2D eigenvalue weighted by molar-refractivity contribution is 6.20. The highest BCUT2D eigenvalue weighted by atomic mass is 16.5. The second-order valence-electron chi connectivity index (χ2n) is 10.0. The molecule has 0 saturated heterocycles. The number of hydrogen-bond donors (Lipinski definition) is 0. The standard InChI is InChI=1S/C35H30N4O3/c1-5-18-42-29-16-17-30(23(2)19-29)33-27(22-38(37-33)28-14-10-7-11-15-28)20-31-24(3)32(21-36)35(41)39(34(31)40)25(4)26-12-8-6-9-13-26/h5-17,19-20,22,25H,1,18H2,2-4H3/b31-20+. The van der Waals surface area contributed by atoms with Crippen LogP contribution in [-0.2, 0) is 9.59 Å². The Morgan fingerprint density at radius 2 is 1.69 bits per heavy atom. The average molecular weight is 555 g/mol. The van der Waals surface area contributed by atoms with Gasteiger partial charge in [-0.1, -0.05) is 61.2 Å². The number of amides is 2. The summed E-state index contributed by atoms with van der Waals surface area (Å²) >= 11 is 0. The fourth-order valence-corrected chi connectivity index (χ4v) is 5.05. The summed E-state index contributed by atoms with van der Waals surface area (Å²) in [6, 6.07) is 26.2. The van der Waals surface area contributed by atoms with Gasteiger partial charge in [-0.2, -0.15) is 10.4 Å². The lowest BCUT2D eigenvalue weighted by Gasteiger charge is -2.32. The van der Waals surface area contributed by atoms with Crippen LogP contribution in [0, 0.1) is 18.3 Å². The first-order valence-corrected chi connectivity index (χ1v) is 13.6. The van der Waals surface area contributed by atoms with E-state index in [9.17, 15) is 14.9 Å². The number of aryl methyl sites for hydroxylation is 1. The van der Waals surface area contributed by atoms with Crippen LogP contribution in [0.1, 0.15) is 36.6 Å². The van der Waals surface area contributed by atoms with E-state index in [2.05, 4.69) is 6.58 Å². The number of aromatic nitrogens is 2. The lowest BCUT2D eigenvalue weighted by Crippen LogP contribution is -2.44. The fraction of sp³-hybridized carbons (Fsp3) is 0.143. The van der Waals surface area contributed by atoms with Gasteiger partial charge in [-0.15, -0.1) is 0 Å². The van der Waals surface area contributed by atoms with Gasteiger partial charge in [0, 0.05) is 22.9 Å². The molecule has 1 aliphatic heterocycles. The van der Waals surface area contributed by atoms with Crippen LogP contribution in [0.4, 0.5) is 0 Å². The van der Waals surface area contributed by atoms with E-state index in [-0.39, 0.29) is 11.1 Å². The van der Waals surface area contributed by atoms with Crippen molar-refractivity contribution in [1.29, 1.82) is 5.26 Å². The number of nitrogens with zero attached hydrogens (tertiary/aromatic N) is 4. The number of benzene rings is 3. The maximum Gasteiger partial charge on any atom is 0.272 e. The minimum Gasteiger partial charge on any atom is -0.490 e. The van der Waals surface area contributed by atoms with Crippen molar-refractivity contribution in [2.24, 2.45) is 0 Å². The summed E-state index contributed by atoms with van der Waals surface area (Å²) in [7, 11) is 0. The van der Waals surface area contributed by atoms with E-state index in [1.807, 2.05) is 98.1 Å². The molecule has 208 valence electrons. The second-order valence-corrected chi connectivity index (χ2v) is 10.0. The SMILES string of the molecule is C=CCOc1ccc(-c2nn(-c3ccccc3)cc2/C=C2/C(=O)N(C(C)c3ccccc3)C(=O)C(C#N)=C2C)c(C)c1. The smallest absolute Gasteiger partial charge is 0.272 e. The maximum absolute atomic E-state index is 14.0. The van der Waals surface area contributed by atoms with Crippen molar-refractivity contribution in [1.82, 2.24) is 14.7 Å². The molecule has 0 bridgehead atoms. The first-order valence-electron chi connectivity index (χ1n) is 13.6. The van der Waals surface area contributed by atoms with Crippen LogP contribution in [-0.4, -0.2) is 33.1 Å². The Morgan fingerprint density at radius 1 is 1.00 bits per heavy atom. The van der Waals surface area contributed by atoms with Crippen LogP contribution >= 0.6 is 0 Å². The zero-order valence-electron chi connectivity index (χ0n) is 23.7. The molecule has 7 heteroatoms. The Bertz CT molecular complexity index is 1780. The van der Waals surface area contributed by atoms with E-state index >= 15 is 0 Å². The maximum atomic E-state index is 14.0. The van der Waals surface area contributed by atoms with Crippen LogP contribution in [0.5, 0.6) is 5.75 Å². The van der Waals surface area contributed by atoms with Gasteiger partial charge in [0.1, 0.15) is 29.7 Å². The normalized spacial score (nSPS) is 15.1. The Hall–Kier alpha value is -5.48. The van der Waals surface area contributed by atoms with Gasteiger partial charge in [0.25, 0.3) is 11.8 Å². The summed E-state index contributed by atoms with van der Waals surface area (Å²) in [6.07, 6.45) is 5.27. The van der Waals surface area contributed by atoms with Crippen LogP contribution < -0.4 is 4.74 Å². The molecule has 7 nitrogen and oxygen atoms in total. The quantitative estimate of drug-likeness (QED) is 0.136. The summed E-state index contributed by atoms with van der Waals surface area (Å²) in [5.74, 6) is -0.349. The molecule has 1 aliphatic rings. The molecule has 1 unspecified atom stereocenters. The van der Waals surface area contributed by atoms with E-state index in [4.69, 9.17) is 9.84 Å². The van der Waals surface area contributed by atoms with Crippen LogP contribution in [0.25, 0.3) is 23.0 Å². The predicted molar refractivity (Wildman–Crippen MR) is 162 cm³/mol. The van der Waals surface area contributed by atoms with Crippen molar-refractivity contribution >= 4 is 17.9 Å². The average Bonchev–Trinajstić information content (AvgIpc) is 3.43. The zero-order chi connectivity index (χ0) is 29.8. The molecule has 5 rings (SSSR count). The predicted octanol–water partition coefficient (Wildman–Crippen LogP) is 6.77. The van der Waals surface area contributed by atoms with Crippen LogP contribution in [0.3, 0.4) is 0 Å². The van der Waals surface area contributed by atoms with E-state index in [0.717, 1.165) is 22.4 Å². The first kappa shape index (κ1) is 28.1. The Labute approximate surface area is 245 Å². The molecule has 0 aliphatic carbocycles. The molecule has 0 fully saturated rings. The number of carbonyl (C=O) groups is 2. The monoisotopic (exact) mass is 554 g/mol. The lowest BCUT2D eigenvalue weighted by molar-refractivity contribution is -0.143. The number of imide groups is 1. The van der Waals surface area contributed by atoms with Gasteiger partial charge in [0.2, 0.25) is 0 Å². The van der Waals surface area contributed by atoms with E-state index in [1.54, 1.807) is 30.7 Å². The van der Waals surface area contributed by atoms with Crippen molar-refractivity contribution in [3.05, 3.63) is 131 Å². The summed E-state index contributed by atoms with van der Waals surface area (Å²) in [5.41, 5.74) is 5.31. The largest absolute Gasteiger partial charge is 0.490 e. The van der Waals surface area contributed by atoms with Gasteiger partial charge in [-0.05, 0) is 73.9 Å². The molecule has 2 amide bonds. The Balaban J connectivity index is 1.67. The van der Waals surface area contributed by atoms with Gasteiger partial charge in [-0.3, -0.25) is 14.5 Å². The Kier molecular flexibility index (Phi) is 7.98. The number of rotatable bonds is 8. The number of hydrogen-bond acceptors (Lipinski definition) is 5. The van der Waals surface area contributed by atoms with Crippen molar-refractivity contribution in [3.63, 3.8) is 0 Å². The third kappa shape index (κ3) is 5.30. The van der Waals surface area contributed by atoms with E-state index in [0.29, 0.717) is 29.2 Å². The summed E-state index contributed by atoms with van der Waals surface area (Å²) in [4.78, 5) is 28.6. The van der Waals surface area contributed by atoms with E-state index < -0.39 is 17.9 Å². The highest BCUT2D eigenvalue weighted by Crippen LogP contribution is 2.36. The molecule has 0 radical (unpaired) electrons. The molecular weight excluding hydrogens is 524 g/mol. The molecule has 0 N–H and O–H groups in total. The van der Waals surface area contributed by atoms with E-state index in [1.165, 1.54) is 4.90 Å². The van der Waals surface area contributed by atoms with Crippen molar-refractivity contribution in [3.8, 4) is 28.8 Å². The minimum absolute atomic E-state index is 0.0551.